The van der Waals surface area contributed by atoms with Crippen LogP contribution in [0.3, 0.4) is 0 Å². The molecule has 1 aliphatic rings. The molecule has 1 unspecified atom stereocenters. The molecule has 4 N–H and O–H groups in total. The quantitative estimate of drug-likeness (QED) is 0.206. The number of hydrogen-bond donors (Lipinski definition) is 3. The van der Waals surface area contributed by atoms with Gasteiger partial charge in [0.15, 0.2) is 0 Å². The Morgan fingerprint density at radius 3 is 2.03 bits per heavy atom. The monoisotopic (exact) mass is 595 g/mol. The van der Waals surface area contributed by atoms with Crippen LogP contribution in [0.4, 0.5) is 49.6 Å². The summed E-state index contributed by atoms with van der Waals surface area (Å²) < 4.78 is 135. The molecule has 0 spiro atoms. The molecule has 0 aliphatic carbocycles. The zero-order chi connectivity index (χ0) is 28.6. The molecular formula is C21H13Cl2F10N5. The lowest BCUT2D eigenvalue weighted by molar-refractivity contribution is -0.137. The van der Waals surface area contributed by atoms with E-state index in [1.807, 2.05) is 0 Å². The number of rotatable bonds is 5. The molecular weight excluding hydrogens is 583 g/mol. The molecule has 0 bridgehead atoms. The third kappa shape index (κ3) is 6.69. The van der Waals surface area contributed by atoms with Gasteiger partial charge in [0.1, 0.15) is 29.2 Å². The smallest absolute Gasteiger partial charge is 0.383 e. The SMILES string of the molecule is NC(=Nc1c(Cl)cc(C(F)(F)F)cc1Cl)C1=C(C(F)(F)F)NC(C(F)(F)F)=NC1NCc1ccccc1F. The van der Waals surface area contributed by atoms with E-state index >= 15 is 0 Å². The predicted molar refractivity (Wildman–Crippen MR) is 119 cm³/mol. The van der Waals surface area contributed by atoms with E-state index in [0.29, 0.717) is 12.1 Å². The number of nitrogens with zero attached hydrogens (tertiary/aromatic N) is 2. The van der Waals surface area contributed by atoms with Crippen LogP contribution in [0.1, 0.15) is 11.1 Å². The van der Waals surface area contributed by atoms with Gasteiger partial charge in [-0.3, -0.25) is 5.32 Å². The van der Waals surface area contributed by atoms with Crippen molar-refractivity contribution in [2.75, 3.05) is 0 Å². The van der Waals surface area contributed by atoms with E-state index in [0.717, 1.165) is 11.4 Å². The first-order chi connectivity index (χ1) is 17.4. The van der Waals surface area contributed by atoms with Gasteiger partial charge in [0.2, 0.25) is 5.84 Å². The molecule has 1 aliphatic heterocycles. The lowest BCUT2D eigenvalue weighted by Gasteiger charge is -2.30. The largest absolute Gasteiger partial charge is 0.449 e. The summed E-state index contributed by atoms with van der Waals surface area (Å²) in [6, 6.07) is 5.65. The van der Waals surface area contributed by atoms with Gasteiger partial charge in [-0.1, -0.05) is 41.4 Å². The second kappa shape index (κ2) is 10.6. The number of aliphatic imine (C=N–C) groups is 2. The van der Waals surface area contributed by atoms with E-state index in [1.165, 1.54) is 18.2 Å². The van der Waals surface area contributed by atoms with Gasteiger partial charge >= 0.3 is 18.5 Å². The number of allylic oxidation sites excluding steroid dienone is 1. The fourth-order valence-corrected chi connectivity index (χ4v) is 3.77. The third-order valence-corrected chi connectivity index (χ3v) is 5.47. The van der Waals surface area contributed by atoms with E-state index in [1.54, 1.807) is 0 Å². The van der Waals surface area contributed by atoms with Crippen LogP contribution in [-0.2, 0) is 12.7 Å². The fourth-order valence-electron chi connectivity index (χ4n) is 3.20. The Kier molecular flexibility index (Phi) is 8.24. The molecule has 2 aromatic carbocycles. The molecule has 5 nitrogen and oxygen atoms in total. The van der Waals surface area contributed by atoms with E-state index in [9.17, 15) is 43.9 Å². The van der Waals surface area contributed by atoms with Crippen molar-refractivity contribution in [1.82, 2.24) is 10.6 Å². The number of amidine groups is 2. The summed E-state index contributed by atoms with van der Waals surface area (Å²) >= 11 is 11.6. The van der Waals surface area contributed by atoms with Crippen LogP contribution in [-0.4, -0.2) is 30.2 Å². The average Bonchev–Trinajstić information content (AvgIpc) is 2.78. The van der Waals surface area contributed by atoms with Gasteiger partial charge in [-0.2, -0.15) is 39.5 Å². The first kappa shape index (κ1) is 29.5. The summed E-state index contributed by atoms with van der Waals surface area (Å²) in [7, 11) is 0. The lowest BCUT2D eigenvalue weighted by Crippen LogP contribution is -2.51. The van der Waals surface area contributed by atoms with Crippen LogP contribution in [0, 0.1) is 5.82 Å². The van der Waals surface area contributed by atoms with Crippen molar-refractivity contribution in [1.29, 1.82) is 0 Å². The summed E-state index contributed by atoms with van der Waals surface area (Å²) in [5.74, 6) is -4.00. The van der Waals surface area contributed by atoms with Gasteiger partial charge in [0, 0.05) is 12.1 Å². The van der Waals surface area contributed by atoms with Gasteiger partial charge in [-0.15, -0.1) is 0 Å². The normalized spacial score (nSPS) is 17.4. The number of hydrogen-bond acceptors (Lipinski definition) is 4. The van der Waals surface area contributed by atoms with E-state index < -0.39 is 81.3 Å². The second-order valence-electron chi connectivity index (χ2n) is 7.55. The average molecular weight is 596 g/mol. The molecule has 17 heteroatoms. The number of halogens is 12. The minimum atomic E-state index is -5.48. The second-order valence-corrected chi connectivity index (χ2v) is 8.36. The number of nitrogens with one attached hydrogen (secondary N) is 2. The lowest BCUT2D eigenvalue weighted by atomic mass is 10.1. The zero-order valence-electron chi connectivity index (χ0n) is 18.3. The summed E-state index contributed by atoms with van der Waals surface area (Å²) in [6.07, 6.45) is -17.9. The molecule has 38 heavy (non-hydrogen) atoms. The van der Waals surface area contributed by atoms with Crippen molar-refractivity contribution in [3.8, 4) is 0 Å². The van der Waals surface area contributed by atoms with Gasteiger partial charge in [0.05, 0.1) is 21.2 Å². The molecule has 2 aromatic rings. The van der Waals surface area contributed by atoms with E-state index in [4.69, 9.17) is 28.9 Å². The van der Waals surface area contributed by atoms with Crippen LogP contribution < -0.4 is 16.4 Å². The Morgan fingerprint density at radius 2 is 1.53 bits per heavy atom. The maximum absolute atomic E-state index is 14.0. The summed E-state index contributed by atoms with van der Waals surface area (Å²) in [4.78, 5) is 6.79. The van der Waals surface area contributed by atoms with Crippen LogP contribution in [0.2, 0.25) is 10.0 Å². The third-order valence-electron chi connectivity index (χ3n) is 4.89. The highest BCUT2D eigenvalue weighted by atomic mass is 35.5. The molecule has 1 atom stereocenters. The Morgan fingerprint density at radius 1 is 0.947 bits per heavy atom. The number of alkyl halides is 9. The van der Waals surface area contributed by atoms with Crippen molar-refractivity contribution in [2.45, 2.75) is 31.2 Å². The van der Waals surface area contributed by atoms with E-state index in [-0.39, 0.29) is 5.56 Å². The standard InChI is InChI=1S/C21H13Cl2F10N5/c22-10-5-9(19(25,26)27)6-11(23)14(10)36-16(34)13-15(20(28,29)30)37-18(21(31,32)33)38-17(13)35-7-8-3-1-2-4-12(8)24/h1-6,17,35H,7H2,(H2,34,36)(H,37,38). The highest BCUT2D eigenvalue weighted by Crippen LogP contribution is 2.41. The minimum Gasteiger partial charge on any atom is -0.383 e. The Hall–Kier alpha value is -3.04. The van der Waals surface area contributed by atoms with E-state index in [2.05, 4.69) is 15.3 Å². The maximum atomic E-state index is 14.0. The van der Waals surface area contributed by atoms with Gasteiger partial charge in [-0.25, -0.2) is 14.4 Å². The molecule has 0 saturated heterocycles. The first-order valence-electron chi connectivity index (χ1n) is 10.0. The van der Waals surface area contributed by atoms with Gasteiger partial charge < -0.3 is 11.1 Å². The summed E-state index contributed by atoms with van der Waals surface area (Å²) in [6.45, 7) is -0.602. The van der Waals surface area contributed by atoms with Crippen molar-refractivity contribution in [3.05, 3.63) is 74.7 Å². The molecule has 1 heterocycles. The molecule has 206 valence electrons. The highest BCUT2D eigenvalue weighted by molar-refractivity contribution is 6.39. The topological polar surface area (TPSA) is 74.8 Å². The van der Waals surface area contributed by atoms with Crippen LogP contribution in [0.15, 0.2) is 57.7 Å². The van der Waals surface area contributed by atoms with Gasteiger partial charge in [-0.05, 0) is 18.2 Å². The Labute approximate surface area is 217 Å². The maximum Gasteiger partial charge on any atom is 0.449 e. The molecule has 0 amide bonds. The molecule has 0 radical (unpaired) electrons. The minimum absolute atomic E-state index is 0.132. The van der Waals surface area contributed by atoms with Gasteiger partial charge in [0.25, 0.3) is 0 Å². The molecule has 0 fully saturated rings. The van der Waals surface area contributed by atoms with Crippen molar-refractivity contribution in [2.24, 2.45) is 15.7 Å². The molecule has 3 rings (SSSR count). The number of benzene rings is 2. The first-order valence-corrected chi connectivity index (χ1v) is 10.8. The summed E-state index contributed by atoms with van der Waals surface area (Å²) in [5, 5.41) is 1.87. The van der Waals surface area contributed by atoms with Crippen LogP contribution >= 0.6 is 23.2 Å². The van der Waals surface area contributed by atoms with Crippen molar-refractivity contribution in [3.63, 3.8) is 0 Å². The summed E-state index contributed by atoms with van der Waals surface area (Å²) in [5.41, 5.74) is 0.403. The Bertz CT molecular complexity index is 1290. The fraction of sp³-hybridized carbons (Fsp3) is 0.238. The van der Waals surface area contributed by atoms with Crippen molar-refractivity contribution >= 4 is 40.6 Å². The van der Waals surface area contributed by atoms with Crippen LogP contribution in [0.25, 0.3) is 0 Å². The Balaban J connectivity index is 2.15. The highest BCUT2D eigenvalue weighted by Gasteiger charge is 2.48. The molecule has 0 saturated carbocycles. The number of nitrogens with two attached hydrogens (primary N) is 1. The van der Waals surface area contributed by atoms with Crippen molar-refractivity contribution < 1.29 is 43.9 Å². The van der Waals surface area contributed by atoms with Crippen LogP contribution in [0.5, 0.6) is 0 Å². The zero-order valence-corrected chi connectivity index (χ0v) is 19.8. The molecule has 0 aromatic heterocycles. The predicted octanol–water partition coefficient (Wildman–Crippen LogP) is 6.64.